The molecule has 316 valence electrons. The first kappa shape index (κ1) is 44.1. The van der Waals surface area contributed by atoms with Gasteiger partial charge in [0.2, 0.25) is 0 Å². The number of furan rings is 1. The molecule has 0 bridgehead atoms. The van der Waals surface area contributed by atoms with E-state index in [0.29, 0.717) is 29.5 Å². The molecule has 2 aliphatic heterocycles. The monoisotopic (exact) mass is 879 g/mol. The highest BCUT2D eigenvalue weighted by atomic mass is 79.9. The topological polar surface area (TPSA) is 162 Å². The van der Waals surface area contributed by atoms with E-state index in [0.717, 1.165) is 21.6 Å². The summed E-state index contributed by atoms with van der Waals surface area (Å²) in [6, 6.07) is 29.8. The van der Waals surface area contributed by atoms with Gasteiger partial charge >= 0.3 is 12.1 Å². The summed E-state index contributed by atoms with van der Waals surface area (Å²) in [5.41, 5.74) is 2.81. The van der Waals surface area contributed by atoms with Gasteiger partial charge in [-0.25, -0.2) is 9.69 Å². The molecular weight excluding hydrogens is 830 g/mol. The Morgan fingerprint density at radius 3 is 2.05 bits per heavy atom. The van der Waals surface area contributed by atoms with Crippen molar-refractivity contribution in [3.8, 4) is 0 Å². The first-order chi connectivity index (χ1) is 28.7. The maximum absolute atomic E-state index is 14.0. The molecule has 14 nitrogen and oxygen atoms in total. The van der Waals surface area contributed by atoms with E-state index < -0.39 is 66.9 Å². The summed E-state index contributed by atoms with van der Waals surface area (Å²) in [6.45, 7) is 1.62. The van der Waals surface area contributed by atoms with Gasteiger partial charge in [-0.2, -0.15) is 0 Å². The number of amides is 2. The maximum Gasteiger partial charge on any atom is 0.417 e. The number of aliphatic hydroxyl groups is 1. The molecule has 4 aromatic rings. The summed E-state index contributed by atoms with van der Waals surface area (Å²) >= 11 is 3.56. The Labute approximate surface area is 351 Å². The van der Waals surface area contributed by atoms with Crippen LogP contribution in [0.2, 0.25) is 0 Å². The molecule has 2 saturated heterocycles. The van der Waals surface area contributed by atoms with Crippen LogP contribution in [0.25, 0.3) is 0 Å². The number of carbonyl (C=O) groups is 3. The molecule has 0 unspecified atom stereocenters. The lowest BCUT2D eigenvalue weighted by atomic mass is 9.98. The molecule has 1 aromatic heterocycles. The zero-order valence-electron chi connectivity index (χ0n) is 33.2. The third-order valence-electron chi connectivity index (χ3n) is 10.1. The fraction of sp³-hybridized carbons (Fsp3) is 0.432. The lowest BCUT2D eigenvalue weighted by Gasteiger charge is -2.45. The highest BCUT2D eigenvalue weighted by molar-refractivity contribution is 9.10. The van der Waals surface area contributed by atoms with Crippen LogP contribution in [-0.2, 0) is 73.5 Å². The molecule has 3 aromatic carbocycles. The summed E-state index contributed by atoms with van der Waals surface area (Å²) in [6.07, 6.45) is -6.14. The predicted octanol–water partition coefficient (Wildman–Crippen LogP) is 6.10. The van der Waals surface area contributed by atoms with E-state index in [1.54, 1.807) is 6.07 Å². The number of aliphatic hydroxyl groups excluding tert-OH is 1. The average molecular weight is 881 g/mol. The van der Waals surface area contributed by atoms with Gasteiger partial charge in [-0.15, -0.1) is 0 Å². The molecule has 3 heterocycles. The Morgan fingerprint density at radius 1 is 0.864 bits per heavy atom. The number of carbonyl (C=O) groups excluding carboxylic acids is 3. The smallest absolute Gasteiger partial charge is 0.417 e. The molecule has 0 spiro atoms. The molecule has 2 amide bonds. The summed E-state index contributed by atoms with van der Waals surface area (Å²) in [5, 5.41) is 10.4. The first-order valence-corrected chi connectivity index (χ1v) is 20.2. The van der Waals surface area contributed by atoms with Crippen LogP contribution in [0.15, 0.2) is 106 Å². The van der Waals surface area contributed by atoms with Crippen LogP contribution in [0.3, 0.4) is 0 Å². The van der Waals surface area contributed by atoms with Crippen molar-refractivity contribution in [2.24, 2.45) is 0 Å². The first-order valence-electron chi connectivity index (χ1n) is 19.4. The Balaban J connectivity index is 1.15. The quantitative estimate of drug-likeness (QED) is 0.0802. The van der Waals surface area contributed by atoms with Crippen molar-refractivity contribution in [1.82, 2.24) is 4.90 Å². The van der Waals surface area contributed by atoms with E-state index in [1.165, 1.54) is 21.1 Å². The van der Waals surface area contributed by atoms with E-state index in [1.807, 2.05) is 91.0 Å². The van der Waals surface area contributed by atoms with E-state index in [2.05, 4.69) is 15.9 Å². The predicted molar refractivity (Wildman–Crippen MR) is 215 cm³/mol. The van der Waals surface area contributed by atoms with E-state index in [9.17, 15) is 19.5 Å². The summed E-state index contributed by atoms with van der Waals surface area (Å²) < 4.78 is 54.6. The van der Waals surface area contributed by atoms with Gasteiger partial charge in [0.15, 0.2) is 18.5 Å². The number of nitrogens with zero attached hydrogens (tertiary/aromatic N) is 1. The molecule has 59 heavy (non-hydrogen) atoms. The number of aryl methyl sites for hydroxylation is 1. The minimum Gasteiger partial charge on any atom is -0.461 e. The number of hydrogen-bond donors (Lipinski definition) is 1. The van der Waals surface area contributed by atoms with Gasteiger partial charge in [-0.3, -0.25) is 9.59 Å². The van der Waals surface area contributed by atoms with Gasteiger partial charge in [0, 0.05) is 34.2 Å². The third kappa shape index (κ3) is 11.4. The van der Waals surface area contributed by atoms with Crippen LogP contribution in [0, 0.1) is 0 Å². The zero-order chi connectivity index (χ0) is 41.7. The molecule has 15 heteroatoms. The Bertz CT molecular complexity index is 1930. The Kier molecular flexibility index (Phi) is 16.2. The fourth-order valence-electron chi connectivity index (χ4n) is 7.21. The van der Waals surface area contributed by atoms with Gasteiger partial charge in [-0.05, 0) is 51.5 Å². The Hall–Kier alpha value is -4.45. The van der Waals surface area contributed by atoms with Gasteiger partial charge in [0.25, 0.3) is 5.91 Å². The molecule has 6 rings (SSSR count). The van der Waals surface area contributed by atoms with Gasteiger partial charge in [0.05, 0.1) is 30.3 Å². The van der Waals surface area contributed by atoms with Gasteiger partial charge < -0.3 is 47.4 Å². The van der Waals surface area contributed by atoms with E-state index >= 15 is 0 Å². The number of halogens is 1. The van der Waals surface area contributed by atoms with Crippen LogP contribution in [0.5, 0.6) is 0 Å². The highest BCUT2D eigenvalue weighted by Gasteiger charge is 2.49. The maximum atomic E-state index is 14.0. The van der Waals surface area contributed by atoms with Gasteiger partial charge in [-0.1, -0.05) is 91.0 Å². The molecule has 8 atom stereocenters. The Morgan fingerprint density at radius 2 is 1.47 bits per heavy atom. The van der Waals surface area contributed by atoms with Crippen molar-refractivity contribution in [3.05, 3.63) is 130 Å². The lowest BCUT2D eigenvalue weighted by molar-refractivity contribution is -0.319. The second-order valence-electron chi connectivity index (χ2n) is 14.2. The number of methoxy groups -OCH3 is 2. The van der Waals surface area contributed by atoms with Crippen LogP contribution in [-0.4, -0.2) is 105 Å². The number of ether oxygens (including phenoxy) is 8. The number of rotatable bonds is 20. The molecule has 2 fully saturated rings. The number of esters is 1. The second kappa shape index (κ2) is 21.7. The highest BCUT2D eigenvalue weighted by Crippen LogP contribution is 2.34. The minimum atomic E-state index is -1.43. The number of benzene rings is 3. The largest absolute Gasteiger partial charge is 0.461 e. The van der Waals surface area contributed by atoms with Gasteiger partial charge in [0.1, 0.15) is 42.5 Å². The number of hydrogen-bond acceptors (Lipinski definition) is 13. The van der Waals surface area contributed by atoms with Crippen LogP contribution < -0.4 is 0 Å². The molecule has 0 saturated carbocycles. The van der Waals surface area contributed by atoms with Crippen molar-refractivity contribution >= 4 is 33.9 Å². The van der Waals surface area contributed by atoms with Crippen LogP contribution in [0.4, 0.5) is 4.79 Å². The molecule has 0 radical (unpaired) electrons. The summed E-state index contributed by atoms with van der Waals surface area (Å²) in [4.78, 5) is 40.3. The molecular formula is C44H50BrNO13. The van der Waals surface area contributed by atoms with Crippen molar-refractivity contribution in [2.75, 3.05) is 34.0 Å². The standard InChI is InChI=1S/C44H50BrNO13/c1-28(48)57-38(40(51-2)42(49)46-32(27-56-44(46)50)22-29-14-7-4-8-15-29)35-23-33(45)34(58-35)20-13-21-53-41-39(55-26-31-18-11-6-12-19-31)37(36(24-47)59-43(41)52-3)54-25-30-16-9-5-10-17-30/h4-12,14-19,23,32,36-41,43,47H,13,20-22,24-27H2,1-3H3/t32-,36-,37-,38+,39+,40-,41+,43+/m1/s1. The van der Waals surface area contributed by atoms with Crippen molar-refractivity contribution in [1.29, 1.82) is 0 Å². The second-order valence-corrected chi connectivity index (χ2v) is 15.0. The summed E-state index contributed by atoms with van der Waals surface area (Å²) in [7, 11) is 2.80. The van der Waals surface area contributed by atoms with Crippen molar-refractivity contribution in [3.63, 3.8) is 0 Å². The SMILES string of the molecule is CO[C@H]1O[C@H](CO)[C@@H](OCc2ccccc2)[C@H](OCc2ccccc2)[C@@H]1OCCCc1oc([C@H](OC(C)=O)[C@@H](OC)C(=O)N2C(=O)OC[C@H]2Cc2ccccc2)cc1Br. The lowest BCUT2D eigenvalue weighted by Crippen LogP contribution is -2.61. The number of cyclic esters (lactones) is 1. The zero-order valence-corrected chi connectivity index (χ0v) is 34.8. The minimum absolute atomic E-state index is 0.00798. The normalized spacial score (nSPS) is 22.8. The third-order valence-corrected chi connectivity index (χ3v) is 10.7. The molecule has 0 aliphatic carbocycles. The van der Waals surface area contributed by atoms with E-state index in [4.69, 9.17) is 42.3 Å². The molecule has 1 N–H and O–H groups in total. The van der Waals surface area contributed by atoms with Crippen LogP contribution >= 0.6 is 15.9 Å². The summed E-state index contributed by atoms with van der Waals surface area (Å²) in [5.74, 6) is -0.781. The van der Waals surface area contributed by atoms with E-state index in [-0.39, 0.29) is 38.8 Å². The van der Waals surface area contributed by atoms with Crippen molar-refractivity contribution < 1.29 is 61.8 Å². The average Bonchev–Trinajstić information content (AvgIpc) is 3.81. The fourth-order valence-corrected chi connectivity index (χ4v) is 7.72. The number of imide groups is 1. The van der Waals surface area contributed by atoms with Crippen LogP contribution in [0.1, 0.15) is 47.7 Å². The van der Waals surface area contributed by atoms with Crippen molar-refractivity contribution in [2.45, 2.75) is 88.4 Å². The molecule has 2 aliphatic rings.